The first kappa shape index (κ1) is 14.2. The van der Waals surface area contributed by atoms with Gasteiger partial charge >= 0.3 is 12.0 Å². The van der Waals surface area contributed by atoms with E-state index in [1.54, 1.807) is 0 Å². The van der Waals surface area contributed by atoms with Crippen LogP contribution in [0.1, 0.15) is 12.8 Å². The van der Waals surface area contributed by atoms with E-state index < -0.39 is 40.6 Å². The van der Waals surface area contributed by atoms with Gasteiger partial charge in [-0.15, -0.1) is 0 Å². The minimum absolute atomic E-state index is 0.131. The molecule has 0 atom stereocenters. The molecule has 20 heavy (non-hydrogen) atoms. The van der Waals surface area contributed by atoms with Crippen LogP contribution < -0.4 is 10.6 Å². The van der Waals surface area contributed by atoms with Gasteiger partial charge in [-0.3, -0.25) is 4.79 Å². The number of aliphatic carboxylic acids is 1. The van der Waals surface area contributed by atoms with Gasteiger partial charge in [0.05, 0.1) is 11.1 Å². The number of carbonyl (C=O) groups excluding carboxylic acids is 1. The van der Waals surface area contributed by atoms with E-state index in [2.05, 4.69) is 5.32 Å². The molecule has 5 nitrogen and oxygen atoms in total. The number of anilines is 1. The normalized spacial score (nSPS) is 15.6. The summed E-state index contributed by atoms with van der Waals surface area (Å²) in [6.07, 6.45) is 0.872. The number of urea groups is 1. The number of hydrogen-bond acceptors (Lipinski definition) is 2. The summed E-state index contributed by atoms with van der Waals surface area (Å²) in [4.78, 5) is 22.3. The van der Waals surface area contributed by atoms with Crippen molar-refractivity contribution in [3.05, 3.63) is 29.6 Å². The fourth-order valence-electron chi connectivity index (χ4n) is 1.68. The van der Waals surface area contributed by atoms with Gasteiger partial charge in [0.25, 0.3) is 0 Å². The molecule has 1 aliphatic carbocycles. The number of hydrogen-bond donors (Lipinski definition) is 3. The smallest absolute Gasteiger partial charge is 0.319 e. The number of benzene rings is 1. The number of nitrogens with one attached hydrogen (secondary N) is 2. The molecule has 1 aromatic rings. The lowest BCUT2D eigenvalue weighted by Crippen LogP contribution is -2.37. The van der Waals surface area contributed by atoms with Gasteiger partial charge in [-0.05, 0) is 12.8 Å². The Kier molecular flexibility index (Phi) is 3.56. The van der Waals surface area contributed by atoms with E-state index >= 15 is 0 Å². The van der Waals surface area contributed by atoms with Crippen molar-refractivity contribution < 1.29 is 27.9 Å². The molecule has 0 heterocycles. The van der Waals surface area contributed by atoms with Crippen LogP contribution in [0.3, 0.4) is 0 Å². The quantitative estimate of drug-likeness (QED) is 0.742. The fraction of sp³-hybridized carbons (Fsp3) is 0.333. The lowest BCUT2D eigenvalue weighted by Gasteiger charge is -2.12. The van der Waals surface area contributed by atoms with Crippen LogP contribution in [-0.2, 0) is 4.79 Å². The van der Waals surface area contributed by atoms with Crippen molar-refractivity contribution in [3.63, 3.8) is 0 Å². The Hall–Kier alpha value is -2.25. The molecule has 2 amide bonds. The molecule has 0 unspecified atom stereocenters. The third kappa shape index (κ3) is 2.84. The Labute approximate surface area is 111 Å². The second kappa shape index (κ2) is 5.03. The van der Waals surface area contributed by atoms with Crippen LogP contribution in [0.25, 0.3) is 0 Å². The Bertz CT molecular complexity index is 573. The highest BCUT2D eigenvalue weighted by Crippen LogP contribution is 2.45. The molecule has 0 bridgehead atoms. The first-order valence-electron chi connectivity index (χ1n) is 5.77. The Morgan fingerprint density at radius 3 is 2.45 bits per heavy atom. The number of carbonyl (C=O) groups is 2. The van der Waals surface area contributed by atoms with E-state index in [4.69, 9.17) is 5.11 Å². The predicted molar refractivity (Wildman–Crippen MR) is 62.6 cm³/mol. The third-order valence-corrected chi connectivity index (χ3v) is 3.14. The van der Waals surface area contributed by atoms with E-state index in [9.17, 15) is 22.8 Å². The van der Waals surface area contributed by atoms with E-state index in [0.29, 0.717) is 25.0 Å². The topological polar surface area (TPSA) is 78.4 Å². The number of rotatable bonds is 4. The van der Waals surface area contributed by atoms with Crippen molar-refractivity contribution in [1.29, 1.82) is 0 Å². The lowest BCUT2D eigenvalue weighted by atomic mass is 10.1. The van der Waals surface area contributed by atoms with Gasteiger partial charge in [-0.1, -0.05) is 0 Å². The minimum Gasteiger partial charge on any atom is -0.481 e. The van der Waals surface area contributed by atoms with Gasteiger partial charge in [-0.25, -0.2) is 18.0 Å². The number of carboxylic acid groups (broad SMARTS) is 1. The Morgan fingerprint density at radius 2 is 1.90 bits per heavy atom. The zero-order valence-electron chi connectivity index (χ0n) is 10.2. The average Bonchev–Trinajstić information content (AvgIpc) is 3.14. The zero-order chi connectivity index (χ0) is 14.9. The van der Waals surface area contributed by atoms with Gasteiger partial charge in [0.15, 0.2) is 11.6 Å². The standard InChI is InChI=1S/C12H11F3N2O3/c13-6-3-7(14)9(15)8(4-6)17-11(20)16-5-12(1-2-12)10(18)19/h3-4H,1-2,5H2,(H,18,19)(H2,16,17,20). The molecule has 0 radical (unpaired) electrons. The summed E-state index contributed by atoms with van der Waals surface area (Å²) in [5.41, 5.74) is -1.64. The minimum atomic E-state index is -1.43. The molecular formula is C12H11F3N2O3. The number of halogens is 3. The molecule has 2 rings (SSSR count). The zero-order valence-corrected chi connectivity index (χ0v) is 10.2. The van der Waals surface area contributed by atoms with Gasteiger partial charge in [0.2, 0.25) is 0 Å². The predicted octanol–water partition coefficient (Wildman–Crippen LogP) is 2.09. The highest BCUT2D eigenvalue weighted by molar-refractivity contribution is 5.90. The van der Waals surface area contributed by atoms with Crippen molar-refractivity contribution >= 4 is 17.7 Å². The van der Waals surface area contributed by atoms with Crippen LogP contribution in [0.5, 0.6) is 0 Å². The first-order valence-corrected chi connectivity index (χ1v) is 5.77. The SMILES string of the molecule is O=C(NCC1(C(=O)O)CC1)Nc1cc(F)cc(F)c1F. The van der Waals surface area contributed by atoms with Crippen molar-refractivity contribution in [2.24, 2.45) is 5.41 Å². The maximum Gasteiger partial charge on any atom is 0.319 e. The summed E-state index contributed by atoms with van der Waals surface area (Å²) < 4.78 is 39.1. The van der Waals surface area contributed by atoms with Gasteiger partial charge in [0.1, 0.15) is 5.82 Å². The summed E-state index contributed by atoms with van der Waals surface area (Å²) in [5, 5.41) is 13.1. The van der Waals surface area contributed by atoms with E-state index in [0.717, 1.165) is 0 Å². The van der Waals surface area contributed by atoms with Gasteiger partial charge in [0, 0.05) is 18.7 Å². The van der Waals surface area contributed by atoms with Gasteiger partial charge in [-0.2, -0.15) is 0 Å². The monoisotopic (exact) mass is 288 g/mol. The highest BCUT2D eigenvalue weighted by Gasteiger charge is 2.50. The van der Waals surface area contributed by atoms with E-state index in [-0.39, 0.29) is 6.54 Å². The molecule has 8 heteroatoms. The fourth-order valence-corrected chi connectivity index (χ4v) is 1.68. The molecule has 1 aromatic carbocycles. The highest BCUT2D eigenvalue weighted by atomic mass is 19.2. The molecule has 0 saturated heterocycles. The number of amides is 2. The maximum absolute atomic E-state index is 13.3. The van der Waals surface area contributed by atoms with Crippen molar-refractivity contribution in [2.45, 2.75) is 12.8 Å². The molecule has 1 saturated carbocycles. The maximum atomic E-state index is 13.3. The van der Waals surface area contributed by atoms with E-state index in [1.807, 2.05) is 5.32 Å². The van der Waals surface area contributed by atoms with Crippen LogP contribution in [0, 0.1) is 22.9 Å². The van der Waals surface area contributed by atoms with Crippen molar-refractivity contribution in [2.75, 3.05) is 11.9 Å². The van der Waals surface area contributed by atoms with Crippen LogP contribution >= 0.6 is 0 Å². The first-order chi connectivity index (χ1) is 9.34. The molecule has 1 aliphatic rings. The molecule has 1 fully saturated rings. The van der Waals surface area contributed by atoms with Crippen LogP contribution in [-0.4, -0.2) is 23.7 Å². The van der Waals surface area contributed by atoms with Crippen LogP contribution in [0.4, 0.5) is 23.7 Å². The lowest BCUT2D eigenvalue weighted by molar-refractivity contribution is -0.143. The van der Waals surface area contributed by atoms with Crippen molar-refractivity contribution in [3.8, 4) is 0 Å². The largest absolute Gasteiger partial charge is 0.481 e. The summed E-state index contributed by atoms with van der Waals surface area (Å²) in [6.45, 7) is -0.131. The summed E-state index contributed by atoms with van der Waals surface area (Å²) in [6, 6.07) is 0.0471. The summed E-state index contributed by atoms with van der Waals surface area (Å²) in [7, 11) is 0. The molecule has 108 valence electrons. The number of carboxylic acids is 1. The molecule has 3 N–H and O–H groups in total. The third-order valence-electron chi connectivity index (χ3n) is 3.14. The Morgan fingerprint density at radius 1 is 1.25 bits per heavy atom. The molecular weight excluding hydrogens is 277 g/mol. The summed E-state index contributed by atoms with van der Waals surface area (Å²) >= 11 is 0. The average molecular weight is 288 g/mol. The molecule has 0 aromatic heterocycles. The second-order valence-electron chi connectivity index (χ2n) is 4.64. The van der Waals surface area contributed by atoms with Gasteiger partial charge < -0.3 is 15.7 Å². The molecule has 0 spiro atoms. The Balaban J connectivity index is 1.97. The van der Waals surface area contributed by atoms with E-state index in [1.165, 1.54) is 0 Å². The summed E-state index contributed by atoms with van der Waals surface area (Å²) in [5.74, 6) is -4.88. The van der Waals surface area contributed by atoms with Crippen LogP contribution in [0.15, 0.2) is 12.1 Å². The molecule has 0 aliphatic heterocycles. The second-order valence-corrected chi connectivity index (χ2v) is 4.64. The van der Waals surface area contributed by atoms with Crippen LogP contribution in [0.2, 0.25) is 0 Å². The van der Waals surface area contributed by atoms with Crippen molar-refractivity contribution in [1.82, 2.24) is 5.32 Å².